The zero-order valence-corrected chi connectivity index (χ0v) is 11.4. The number of nitro groups is 1. The predicted molar refractivity (Wildman–Crippen MR) is 78.0 cm³/mol. The Labute approximate surface area is 123 Å². The molecule has 0 amide bonds. The van der Waals surface area contributed by atoms with E-state index in [1.807, 2.05) is 17.5 Å². The first kappa shape index (κ1) is 13.2. The fraction of sp³-hybridized carbons (Fsp3) is 0. The number of hydrogen-bond donors (Lipinski definition) is 0. The van der Waals surface area contributed by atoms with Crippen LogP contribution in [0.15, 0.2) is 52.5 Å². The van der Waals surface area contributed by atoms with E-state index in [9.17, 15) is 14.9 Å². The maximum absolute atomic E-state index is 11.8. The summed E-state index contributed by atoms with van der Waals surface area (Å²) in [5, 5.41) is 12.9. The van der Waals surface area contributed by atoms with Crippen LogP contribution < -0.4 is 0 Å². The van der Waals surface area contributed by atoms with Crippen molar-refractivity contribution in [2.24, 2.45) is 4.99 Å². The highest BCUT2D eigenvalue weighted by Gasteiger charge is 2.28. The fourth-order valence-electron chi connectivity index (χ4n) is 1.85. The van der Waals surface area contributed by atoms with Crippen molar-refractivity contribution in [3.05, 3.63) is 68.0 Å². The Morgan fingerprint density at radius 2 is 2.05 bits per heavy atom. The van der Waals surface area contributed by atoms with Crippen molar-refractivity contribution in [2.75, 3.05) is 0 Å². The SMILES string of the molecule is O=C1OC(c2ccccc2[N+](=O)[O-])=NC1=Cc1cccs1. The van der Waals surface area contributed by atoms with Gasteiger partial charge in [-0.3, -0.25) is 10.1 Å². The molecule has 0 saturated carbocycles. The lowest BCUT2D eigenvalue weighted by Gasteiger charge is -2.00. The molecule has 1 aliphatic rings. The van der Waals surface area contributed by atoms with Crippen LogP contribution in [0, 0.1) is 10.1 Å². The molecule has 0 spiro atoms. The molecule has 3 rings (SSSR count). The van der Waals surface area contributed by atoms with Crippen molar-refractivity contribution in [3.63, 3.8) is 0 Å². The second-order valence-electron chi connectivity index (χ2n) is 4.13. The van der Waals surface area contributed by atoms with Gasteiger partial charge in [-0.2, -0.15) is 0 Å². The van der Waals surface area contributed by atoms with Gasteiger partial charge in [-0.25, -0.2) is 9.79 Å². The molecule has 0 aliphatic carbocycles. The van der Waals surface area contributed by atoms with Crippen LogP contribution in [0.25, 0.3) is 6.08 Å². The van der Waals surface area contributed by atoms with Gasteiger partial charge in [0.2, 0.25) is 5.90 Å². The second kappa shape index (κ2) is 5.29. The number of hydrogen-bond acceptors (Lipinski definition) is 6. The molecule has 7 heteroatoms. The molecule has 0 unspecified atom stereocenters. The van der Waals surface area contributed by atoms with Crippen molar-refractivity contribution in [1.29, 1.82) is 0 Å². The third-order valence-electron chi connectivity index (χ3n) is 2.77. The molecule has 21 heavy (non-hydrogen) atoms. The number of para-hydroxylation sites is 1. The Kier molecular flexibility index (Phi) is 3.33. The minimum atomic E-state index is -0.614. The number of nitro benzene ring substituents is 1. The van der Waals surface area contributed by atoms with Crippen LogP contribution in [0.1, 0.15) is 10.4 Å². The van der Waals surface area contributed by atoms with Crippen molar-refractivity contribution < 1.29 is 14.5 Å². The summed E-state index contributed by atoms with van der Waals surface area (Å²) < 4.78 is 5.04. The van der Waals surface area contributed by atoms with Crippen molar-refractivity contribution in [3.8, 4) is 0 Å². The molecule has 2 heterocycles. The van der Waals surface area contributed by atoms with Gasteiger partial charge in [-0.05, 0) is 23.6 Å². The number of ether oxygens (including phenoxy) is 1. The first-order chi connectivity index (χ1) is 10.1. The van der Waals surface area contributed by atoms with Gasteiger partial charge >= 0.3 is 5.97 Å². The fourth-order valence-corrected chi connectivity index (χ4v) is 2.50. The van der Waals surface area contributed by atoms with Crippen molar-refractivity contribution in [2.45, 2.75) is 0 Å². The summed E-state index contributed by atoms with van der Waals surface area (Å²) in [5.74, 6) is -0.661. The quantitative estimate of drug-likeness (QED) is 0.377. The van der Waals surface area contributed by atoms with E-state index in [-0.39, 0.29) is 22.8 Å². The van der Waals surface area contributed by atoms with Gasteiger partial charge in [-0.1, -0.05) is 18.2 Å². The van der Waals surface area contributed by atoms with Gasteiger partial charge in [0.1, 0.15) is 5.56 Å². The molecule has 0 bridgehead atoms. The summed E-state index contributed by atoms with van der Waals surface area (Å²) in [5.41, 5.74) is 0.164. The monoisotopic (exact) mass is 300 g/mol. The average molecular weight is 300 g/mol. The van der Waals surface area contributed by atoms with E-state index < -0.39 is 10.9 Å². The largest absolute Gasteiger partial charge is 0.402 e. The van der Waals surface area contributed by atoms with Gasteiger partial charge in [0, 0.05) is 10.9 Å². The summed E-state index contributed by atoms with van der Waals surface area (Å²) in [4.78, 5) is 27.2. The number of esters is 1. The number of carbonyl (C=O) groups is 1. The van der Waals surface area contributed by atoms with Crippen LogP contribution in [-0.4, -0.2) is 16.8 Å². The molecule has 0 fully saturated rings. The lowest BCUT2D eigenvalue weighted by atomic mass is 10.2. The van der Waals surface area contributed by atoms with E-state index in [2.05, 4.69) is 4.99 Å². The van der Waals surface area contributed by atoms with E-state index in [0.29, 0.717) is 0 Å². The van der Waals surface area contributed by atoms with Gasteiger partial charge in [-0.15, -0.1) is 11.3 Å². The smallest absolute Gasteiger partial charge is 0.363 e. The molecule has 1 aromatic carbocycles. The molecular weight excluding hydrogens is 292 g/mol. The average Bonchev–Trinajstić information content (AvgIpc) is 3.10. The molecule has 0 N–H and O–H groups in total. The van der Waals surface area contributed by atoms with Crippen LogP contribution in [0.4, 0.5) is 5.69 Å². The summed E-state index contributed by atoms with van der Waals surface area (Å²) in [6.45, 7) is 0. The Hall–Kier alpha value is -2.80. The molecule has 1 aliphatic heterocycles. The van der Waals surface area contributed by atoms with Crippen LogP contribution in [-0.2, 0) is 9.53 Å². The number of thiophene rings is 1. The van der Waals surface area contributed by atoms with Gasteiger partial charge in [0.05, 0.1) is 4.92 Å². The molecular formula is C14H8N2O4S. The number of carbonyl (C=O) groups excluding carboxylic acids is 1. The summed E-state index contributed by atoms with van der Waals surface area (Å²) in [6, 6.07) is 9.69. The van der Waals surface area contributed by atoms with Gasteiger partial charge in [0.25, 0.3) is 5.69 Å². The zero-order chi connectivity index (χ0) is 14.8. The standard InChI is InChI=1S/C14H8N2O4S/c17-14-11(8-9-4-3-7-21-9)15-13(20-14)10-5-1-2-6-12(10)16(18)19/h1-8H. The first-order valence-corrected chi connectivity index (χ1v) is 6.83. The number of cyclic esters (lactones) is 1. The lowest BCUT2D eigenvalue weighted by molar-refractivity contribution is -0.385. The van der Waals surface area contributed by atoms with E-state index in [4.69, 9.17) is 4.74 Å². The number of benzene rings is 1. The van der Waals surface area contributed by atoms with Crippen molar-refractivity contribution in [1.82, 2.24) is 0 Å². The zero-order valence-electron chi connectivity index (χ0n) is 10.6. The van der Waals surface area contributed by atoms with Crippen LogP contribution in [0.3, 0.4) is 0 Å². The number of aliphatic imine (C=N–C) groups is 1. The maximum atomic E-state index is 11.8. The Morgan fingerprint density at radius 3 is 2.76 bits per heavy atom. The highest BCUT2D eigenvalue weighted by molar-refractivity contribution is 7.10. The summed E-state index contributed by atoms with van der Waals surface area (Å²) >= 11 is 1.46. The lowest BCUT2D eigenvalue weighted by Crippen LogP contribution is -2.07. The van der Waals surface area contributed by atoms with Gasteiger partial charge in [0.15, 0.2) is 5.70 Å². The third-order valence-corrected chi connectivity index (χ3v) is 3.59. The Morgan fingerprint density at radius 1 is 1.24 bits per heavy atom. The normalized spacial score (nSPS) is 15.9. The molecule has 0 radical (unpaired) electrons. The molecule has 2 aromatic rings. The molecule has 104 valence electrons. The molecule has 0 saturated heterocycles. The summed E-state index contributed by atoms with van der Waals surface area (Å²) in [6.07, 6.45) is 1.59. The van der Waals surface area contributed by atoms with Crippen LogP contribution >= 0.6 is 11.3 Å². The minimum Gasteiger partial charge on any atom is -0.402 e. The second-order valence-corrected chi connectivity index (χ2v) is 5.11. The predicted octanol–water partition coefficient (Wildman–Crippen LogP) is 3.00. The Balaban J connectivity index is 2.02. The third kappa shape index (κ3) is 2.59. The molecule has 0 atom stereocenters. The van der Waals surface area contributed by atoms with E-state index >= 15 is 0 Å². The van der Waals surface area contributed by atoms with Crippen LogP contribution in [0.2, 0.25) is 0 Å². The Bertz CT molecular complexity index is 778. The van der Waals surface area contributed by atoms with E-state index in [1.165, 1.54) is 23.5 Å². The van der Waals surface area contributed by atoms with E-state index in [0.717, 1.165) is 4.88 Å². The van der Waals surface area contributed by atoms with Crippen molar-refractivity contribution >= 4 is 35.0 Å². The molecule has 1 aromatic heterocycles. The highest BCUT2D eigenvalue weighted by Crippen LogP contribution is 2.25. The van der Waals surface area contributed by atoms with Crippen LogP contribution in [0.5, 0.6) is 0 Å². The maximum Gasteiger partial charge on any atom is 0.363 e. The highest BCUT2D eigenvalue weighted by atomic mass is 32.1. The minimum absolute atomic E-state index is 0.0462. The number of nitrogens with zero attached hydrogens (tertiary/aromatic N) is 2. The summed E-state index contributed by atoms with van der Waals surface area (Å²) in [7, 11) is 0. The topological polar surface area (TPSA) is 81.8 Å². The number of rotatable bonds is 3. The van der Waals surface area contributed by atoms with E-state index in [1.54, 1.807) is 18.2 Å². The van der Waals surface area contributed by atoms with Gasteiger partial charge < -0.3 is 4.74 Å². The molecule has 6 nitrogen and oxygen atoms in total. The first-order valence-electron chi connectivity index (χ1n) is 5.95.